The average Bonchev–Trinajstić information content (AvgIpc) is 3.38. The lowest BCUT2D eigenvalue weighted by Crippen LogP contribution is -2.27. The minimum absolute atomic E-state index is 0.0499. The number of aromatic amines is 1. The summed E-state index contributed by atoms with van der Waals surface area (Å²) in [6.07, 6.45) is 0. The molecule has 1 aliphatic rings. The summed E-state index contributed by atoms with van der Waals surface area (Å²) in [5.41, 5.74) is 9.80. The Morgan fingerprint density at radius 3 is 2.43 bits per heavy atom. The first-order valence-electron chi connectivity index (χ1n) is 13.6. The highest BCUT2D eigenvalue weighted by atomic mass is 32.1. The van der Waals surface area contributed by atoms with E-state index in [2.05, 4.69) is 16.4 Å². The number of aromatic nitrogens is 2. The van der Waals surface area contributed by atoms with Crippen molar-refractivity contribution in [2.24, 2.45) is 5.73 Å². The van der Waals surface area contributed by atoms with E-state index >= 15 is 0 Å². The Labute approximate surface area is 253 Å². The number of carbonyl (C=O) groups is 1. The number of nitrogens with one attached hydrogen (secondary N) is 2. The van der Waals surface area contributed by atoms with Gasteiger partial charge in [0.05, 0.1) is 33.0 Å². The van der Waals surface area contributed by atoms with Crippen molar-refractivity contribution in [3.8, 4) is 22.9 Å². The molecule has 3 aromatic carbocycles. The molecule has 44 heavy (non-hydrogen) atoms. The second kappa shape index (κ2) is 10.5. The third-order valence-electron chi connectivity index (χ3n) is 7.65. The largest absolute Gasteiger partial charge is 0.438 e. The van der Waals surface area contributed by atoms with Crippen LogP contribution in [0.15, 0.2) is 101 Å². The minimum Gasteiger partial charge on any atom is -0.438 e. The Hall–Kier alpha value is -5.79. The molecule has 0 aliphatic carbocycles. The maximum absolute atomic E-state index is 13.9. The number of H-pyrrole nitrogens is 1. The van der Waals surface area contributed by atoms with E-state index in [4.69, 9.17) is 15.5 Å². The van der Waals surface area contributed by atoms with Gasteiger partial charge in [-0.15, -0.1) is 11.3 Å². The molecule has 10 heteroatoms. The van der Waals surface area contributed by atoms with Gasteiger partial charge in [0.1, 0.15) is 22.3 Å². The van der Waals surface area contributed by atoms with Gasteiger partial charge < -0.3 is 20.8 Å². The van der Waals surface area contributed by atoms with Gasteiger partial charge in [-0.2, -0.15) is 5.26 Å². The number of hydrogen-bond donors (Lipinski definition) is 3. The van der Waals surface area contributed by atoms with Crippen molar-refractivity contribution in [3.63, 3.8) is 0 Å². The average molecular weight is 600 g/mol. The number of carbonyl (C=O) groups excluding carboxylic acids is 1. The predicted octanol–water partition coefficient (Wildman–Crippen LogP) is 6.72. The predicted molar refractivity (Wildman–Crippen MR) is 168 cm³/mol. The summed E-state index contributed by atoms with van der Waals surface area (Å²) in [5.74, 6) is -1.62. The smallest absolute Gasteiger partial charge is 0.258 e. The summed E-state index contributed by atoms with van der Waals surface area (Å²) in [6.45, 7) is 1.77. The number of halogens is 1. The van der Waals surface area contributed by atoms with E-state index in [9.17, 15) is 19.2 Å². The molecule has 4 heterocycles. The molecular formula is C34H22FN5O3S. The van der Waals surface area contributed by atoms with Crippen molar-refractivity contribution >= 4 is 43.4 Å². The number of amides is 1. The van der Waals surface area contributed by atoms with Crippen LogP contribution >= 0.6 is 11.3 Å². The van der Waals surface area contributed by atoms with Gasteiger partial charge in [-0.05, 0) is 42.3 Å². The fourth-order valence-electron chi connectivity index (χ4n) is 5.74. The second-order valence-electron chi connectivity index (χ2n) is 10.3. The zero-order valence-electron chi connectivity index (χ0n) is 23.1. The molecule has 0 radical (unpaired) electrons. The van der Waals surface area contributed by atoms with E-state index in [1.54, 1.807) is 19.1 Å². The molecule has 1 unspecified atom stereocenters. The number of allylic oxidation sites excluding steroid dienone is 1. The Kier molecular flexibility index (Phi) is 6.45. The molecule has 4 N–H and O–H groups in total. The highest BCUT2D eigenvalue weighted by molar-refractivity contribution is 7.25. The Bertz CT molecular complexity index is 2250. The number of aryl methyl sites for hydroxylation is 1. The number of hydrogen-bond acceptors (Lipinski definition) is 7. The molecule has 0 spiro atoms. The van der Waals surface area contributed by atoms with Crippen LogP contribution in [0.2, 0.25) is 0 Å². The third-order valence-corrected chi connectivity index (χ3v) is 8.74. The molecule has 1 aliphatic heterocycles. The number of fused-ring (bicyclic) bond motifs is 5. The van der Waals surface area contributed by atoms with Crippen LogP contribution in [0.25, 0.3) is 31.6 Å². The summed E-state index contributed by atoms with van der Waals surface area (Å²) in [6, 6.07) is 26.2. The number of anilines is 1. The van der Waals surface area contributed by atoms with Crippen LogP contribution in [0.4, 0.5) is 10.1 Å². The molecule has 0 bridgehead atoms. The maximum atomic E-state index is 13.9. The van der Waals surface area contributed by atoms with E-state index in [0.29, 0.717) is 48.5 Å². The van der Waals surface area contributed by atoms with Crippen molar-refractivity contribution in [1.29, 1.82) is 5.26 Å². The highest BCUT2D eigenvalue weighted by Crippen LogP contribution is 2.49. The second-order valence-corrected chi connectivity index (χ2v) is 11.3. The number of nitriles is 1. The number of benzene rings is 3. The first kappa shape index (κ1) is 27.1. The lowest BCUT2D eigenvalue weighted by molar-refractivity contribution is 0.102. The Morgan fingerprint density at radius 1 is 1.07 bits per heavy atom. The lowest BCUT2D eigenvalue weighted by Gasteiger charge is -2.25. The molecule has 7 rings (SSSR count). The van der Waals surface area contributed by atoms with Gasteiger partial charge in [-0.1, -0.05) is 60.7 Å². The number of rotatable bonds is 4. The summed E-state index contributed by atoms with van der Waals surface area (Å²) in [7, 11) is 0. The molecule has 0 saturated carbocycles. The van der Waals surface area contributed by atoms with Crippen molar-refractivity contribution in [2.45, 2.75) is 12.8 Å². The minimum atomic E-state index is -0.877. The monoisotopic (exact) mass is 599 g/mol. The fraction of sp³-hybridized carbons (Fsp3) is 0.0588. The van der Waals surface area contributed by atoms with Crippen molar-refractivity contribution in [3.05, 3.63) is 135 Å². The summed E-state index contributed by atoms with van der Waals surface area (Å²) in [5, 5.41) is 13.5. The zero-order chi connectivity index (χ0) is 30.5. The normalized spacial score (nSPS) is 14.2. The lowest BCUT2D eigenvalue weighted by atomic mass is 9.84. The van der Waals surface area contributed by atoms with Crippen molar-refractivity contribution in [2.75, 3.05) is 5.32 Å². The quantitative estimate of drug-likeness (QED) is 0.206. The molecule has 6 aromatic rings. The number of pyridine rings is 2. The van der Waals surface area contributed by atoms with Gasteiger partial charge in [0.25, 0.3) is 11.5 Å². The molecule has 1 amide bonds. The number of ether oxygens (including phenoxy) is 1. The Balaban J connectivity index is 1.53. The van der Waals surface area contributed by atoms with Gasteiger partial charge in [0.2, 0.25) is 5.88 Å². The van der Waals surface area contributed by atoms with Gasteiger partial charge in [-0.3, -0.25) is 9.59 Å². The summed E-state index contributed by atoms with van der Waals surface area (Å²) >= 11 is 1.28. The van der Waals surface area contributed by atoms with E-state index in [-0.39, 0.29) is 28.7 Å². The van der Waals surface area contributed by atoms with Gasteiger partial charge in [-0.25, -0.2) is 9.37 Å². The Morgan fingerprint density at radius 2 is 1.75 bits per heavy atom. The fourth-order valence-corrected chi connectivity index (χ4v) is 6.92. The number of para-hydroxylation sites is 1. The SMILES string of the molecule is Cc1nc2sc3c4c(c(=O)[nH]c3c2c(-c2ccccc2)c1C(=O)Nc1ccccc1)C(c1ccc(F)cc1)C(C#N)=C(N)O4. The zero-order valence-corrected chi connectivity index (χ0v) is 24.0. The molecule has 0 saturated heterocycles. The van der Waals surface area contributed by atoms with Crippen LogP contribution in [0.3, 0.4) is 0 Å². The van der Waals surface area contributed by atoms with E-state index in [1.807, 2.05) is 48.5 Å². The van der Waals surface area contributed by atoms with Crippen LogP contribution in [0.5, 0.6) is 5.75 Å². The molecule has 214 valence electrons. The third kappa shape index (κ3) is 4.30. The summed E-state index contributed by atoms with van der Waals surface area (Å²) < 4.78 is 20.4. The summed E-state index contributed by atoms with van der Waals surface area (Å²) in [4.78, 5) is 36.2. The van der Waals surface area contributed by atoms with Gasteiger partial charge in [0, 0.05) is 16.6 Å². The van der Waals surface area contributed by atoms with E-state index in [0.717, 1.165) is 5.56 Å². The molecule has 8 nitrogen and oxygen atoms in total. The molecule has 1 atom stereocenters. The number of thiophene rings is 1. The highest BCUT2D eigenvalue weighted by Gasteiger charge is 2.36. The van der Waals surface area contributed by atoms with Gasteiger partial charge in [0.15, 0.2) is 5.75 Å². The van der Waals surface area contributed by atoms with Crippen LogP contribution in [-0.4, -0.2) is 15.9 Å². The maximum Gasteiger partial charge on any atom is 0.258 e. The molecule has 3 aromatic heterocycles. The topological polar surface area (TPSA) is 134 Å². The van der Waals surface area contributed by atoms with Crippen molar-refractivity contribution < 1.29 is 13.9 Å². The van der Waals surface area contributed by atoms with E-state index in [1.165, 1.54) is 35.6 Å². The van der Waals surface area contributed by atoms with Gasteiger partial charge >= 0.3 is 0 Å². The van der Waals surface area contributed by atoms with E-state index < -0.39 is 17.3 Å². The first-order valence-corrected chi connectivity index (χ1v) is 14.4. The van der Waals surface area contributed by atoms with Crippen LogP contribution in [0, 0.1) is 24.1 Å². The number of nitrogens with two attached hydrogens (primary N) is 1. The van der Waals surface area contributed by atoms with Crippen LogP contribution in [-0.2, 0) is 0 Å². The van der Waals surface area contributed by atoms with Crippen LogP contribution < -0.4 is 21.3 Å². The molecule has 0 fully saturated rings. The molecular weight excluding hydrogens is 577 g/mol. The van der Waals surface area contributed by atoms with Crippen molar-refractivity contribution in [1.82, 2.24) is 9.97 Å². The first-order chi connectivity index (χ1) is 21.4. The standard InChI is InChI=1S/C34H22FN5O3S/c1-17-23(32(41)39-21-10-6-3-7-11-21)25(18-8-4-2-5-9-18)26-28-30(44-34(26)38-17)29-27(33(42)40-28)24(22(16-36)31(37)43-29)19-12-14-20(35)15-13-19/h2-15,24H,37H2,1H3,(H,39,41)(H,40,42). The van der Waals surface area contributed by atoms with Crippen LogP contribution in [0.1, 0.15) is 33.1 Å². The number of nitrogens with zero attached hydrogens (tertiary/aromatic N) is 2.